The molecule has 140 valence electrons. The molecule has 8 bridgehead atoms. The molecule has 8 rings (SSSR count). The van der Waals surface area contributed by atoms with Crippen molar-refractivity contribution in [1.82, 2.24) is 0 Å². The van der Waals surface area contributed by atoms with Gasteiger partial charge in [0.15, 0.2) is 0 Å². The summed E-state index contributed by atoms with van der Waals surface area (Å²) >= 11 is 0. The Hall–Kier alpha value is 0. The monoisotopic (exact) mass is 340 g/mol. The summed E-state index contributed by atoms with van der Waals surface area (Å²) in [4.78, 5) is 0. The third kappa shape index (κ3) is 2.24. The van der Waals surface area contributed by atoms with Crippen molar-refractivity contribution in [1.29, 1.82) is 0 Å². The Kier molecular flexibility index (Phi) is 2.69. The van der Waals surface area contributed by atoms with E-state index in [1.807, 2.05) is 0 Å². The van der Waals surface area contributed by atoms with Gasteiger partial charge in [-0.15, -0.1) is 0 Å². The number of hydrogen-bond acceptors (Lipinski definition) is 0. The molecule has 0 heteroatoms. The van der Waals surface area contributed by atoms with Gasteiger partial charge in [0, 0.05) is 0 Å². The van der Waals surface area contributed by atoms with E-state index in [4.69, 9.17) is 0 Å². The molecule has 0 aromatic rings. The van der Waals surface area contributed by atoms with Crippen molar-refractivity contribution >= 4 is 0 Å². The Balaban J connectivity index is 1.36. The lowest BCUT2D eigenvalue weighted by molar-refractivity contribution is -0.199. The van der Waals surface area contributed by atoms with Gasteiger partial charge in [-0.2, -0.15) is 0 Å². The van der Waals surface area contributed by atoms with Crippen molar-refractivity contribution in [3.63, 3.8) is 0 Å². The molecular weight excluding hydrogens is 300 g/mol. The van der Waals surface area contributed by atoms with E-state index in [2.05, 4.69) is 27.7 Å². The fourth-order valence-corrected chi connectivity index (χ4v) is 12.6. The van der Waals surface area contributed by atoms with Gasteiger partial charge in [-0.25, -0.2) is 0 Å². The van der Waals surface area contributed by atoms with Gasteiger partial charge in [0.2, 0.25) is 0 Å². The van der Waals surface area contributed by atoms with E-state index in [1.165, 1.54) is 0 Å². The average molecular weight is 341 g/mol. The van der Waals surface area contributed by atoms with Gasteiger partial charge in [0.25, 0.3) is 0 Å². The van der Waals surface area contributed by atoms with Crippen LogP contribution >= 0.6 is 0 Å². The summed E-state index contributed by atoms with van der Waals surface area (Å²) in [5.41, 5.74) is 4.27. The van der Waals surface area contributed by atoms with Crippen LogP contribution in [0.15, 0.2) is 0 Å². The molecule has 0 N–H and O–H groups in total. The van der Waals surface area contributed by atoms with Crippen LogP contribution in [-0.2, 0) is 0 Å². The van der Waals surface area contributed by atoms with Crippen LogP contribution in [0.25, 0.3) is 0 Å². The Morgan fingerprint density at radius 2 is 0.800 bits per heavy atom. The number of rotatable bonds is 2. The molecule has 0 heterocycles. The highest BCUT2D eigenvalue weighted by atomic mass is 14.7. The minimum Gasteiger partial charge on any atom is -0.0596 e. The van der Waals surface area contributed by atoms with Gasteiger partial charge < -0.3 is 0 Å². The Labute approximate surface area is 155 Å². The van der Waals surface area contributed by atoms with E-state index >= 15 is 0 Å². The molecule has 8 fully saturated rings. The lowest BCUT2D eigenvalue weighted by Gasteiger charge is -2.70. The SMILES string of the molecule is CC12CC3CC(C)(C1)CC(CC14CC5CC(C)(CC(C)(C5)C1)C4)(C3)C2. The molecule has 25 heavy (non-hydrogen) atoms. The Morgan fingerprint density at radius 1 is 0.480 bits per heavy atom. The predicted octanol–water partition coefficient (Wildman–Crippen LogP) is 7.37. The van der Waals surface area contributed by atoms with Gasteiger partial charge >= 0.3 is 0 Å². The van der Waals surface area contributed by atoms with Crippen molar-refractivity contribution in [2.24, 2.45) is 44.3 Å². The van der Waals surface area contributed by atoms with E-state index in [-0.39, 0.29) is 0 Å². The largest absolute Gasteiger partial charge is 0.0596 e. The topological polar surface area (TPSA) is 0 Å². The first-order valence-electron chi connectivity index (χ1n) is 11.5. The Morgan fingerprint density at radius 3 is 1.08 bits per heavy atom. The molecule has 8 aliphatic carbocycles. The molecule has 8 aliphatic rings. The molecular formula is C25H40. The zero-order valence-corrected chi connectivity index (χ0v) is 17.3. The second-order valence-electron chi connectivity index (χ2n) is 14.4. The predicted molar refractivity (Wildman–Crippen MR) is 104 cm³/mol. The highest BCUT2D eigenvalue weighted by Crippen LogP contribution is 2.76. The quantitative estimate of drug-likeness (QED) is 0.492. The molecule has 8 saturated carbocycles. The third-order valence-corrected chi connectivity index (χ3v) is 10.2. The van der Waals surface area contributed by atoms with Gasteiger partial charge in [-0.3, -0.25) is 0 Å². The van der Waals surface area contributed by atoms with Crippen LogP contribution < -0.4 is 0 Å². The maximum atomic E-state index is 2.67. The molecule has 4 atom stereocenters. The summed E-state index contributed by atoms with van der Waals surface area (Å²) in [5, 5.41) is 0. The van der Waals surface area contributed by atoms with Crippen LogP contribution in [0.4, 0.5) is 0 Å². The molecule has 0 saturated heterocycles. The third-order valence-electron chi connectivity index (χ3n) is 10.2. The Bertz CT molecular complexity index is 538. The van der Waals surface area contributed by atoms with Gasteiger partial charge in [0.05, 0.1) is 0 Å². The second-order valence-corrected chi connectivity index (χ2v) is 14.4. The molecule has 0 nitrogen and oxygen atoms in total. The lowest BCUT2D eigenvalue weighted by atomic mass is 9.34. The van der Waals surface area contributed by atoms with E-state index in [0.29, 0.717) is 21.7 Å². The molecule has 4 unspecified atom stereocenters. The standard InChI is InChI=1S/C25H40/c1-20-5-18-6-21(2,11-20)14-24(9-18,13-20)17-25-10-19-7-22(3,15-25)12-23(4,8-19)16-25/h18-19H,5-17H2,1-4H3. The molecule has 0 aromatic carbocycles. The summed E-state index contributed by atoms with van der Waals surface area (Å²) in [6, 6.07) is 0. The number of hydrogen-bond donors (Lipinski definition) is 0. The fraction of sp³-hybridized carbons (Fsp3) is 1.00. The molecule has 0 spiro atoms. The van der Waals surface area contributed by atoms with Crippen molar-refractivity contribution < 1.29 is 0 Å². The van der Waals surface area contributed by atoms with Crippen LogP contribution in [-0.4, -0.2) is 0 Å². The van der Waals surface area contributed by atoms with Gasteiger partial charge in [-0.1, -0.05) is 27.7 Å². The summed E-state index contributed by atoms with van der Waals surface area (Å²) in [6.45, 7) is 10.7. The summed E-state index contributed by atoms with van der Waals surface area (Å²) in [7, 11) is 0. The van der Waals surface area contributed by atoms with E-state index in [0.717, 1.165) is 22.7 Å². The average Bonchev–Trinajstić information content (AvgIpc) is 2.26. The first kappa shape index (κ1) is 16.0. The molecule has 0 amide bonds. The zero-order valence-electron chi connectivity index (χ0n) is 17.3. The smallest absolute Gasteiger partial charge is 0.0279 e. The van der Waals surface area contributed by atoms with E-state index in [9.17, 15) is 0 Å². The first-order chi connectivity index (χ1) is 11.5. The van der Waals surface area contributed by atoms with E-state index < -0.39 is 0 Å². The van der Waals surface area contributed by atoms with Crippen molar-refractivity contribution in [3.8, 4) is 0 Å². The van der Waals surface area contributed by atoms with Crippen LogP contribution in [0, 0.1) is 44.3 Å². The van der Waals surface area contributed by atoms with Crippen molar-refractivity contribution in [3.05, 3.63) is 0 Å². The van der Waals surface area contributed by atoms with Crippen LogP contribution in [0.3, 0.4) is 0 Å². The van der Waals surface area contributed by atoms with Crippen LogP contribution in [0.2, 0.25) is 0 Å². The molecule has 0 aromatic heterocycles. The molecule has 0 aliphatic heterocycles. The zero-order chi connectivity index (χ0) is 17.3. The molecule has 0 radical (unpaired) electrons. The maximum Gasteiger partial charge on any atom is -0.0279 e. The van der Waals surface area contributed by atoms with Crippen molar-refractivity contribution in [2.75, 3.05) is 0 Å². The summed E-state index contributed by atoms with van der Waals surface area (Å²) in [5.74, 6) is 2.15. The highest BCUT2D eigenvalue weighted by molar-refractivity contribution is 5.16. The second kappa shape index (κ2) is 4.20. The van der Waals surface area contributed by atoms with Gasteiger partial charge in [0.1, 0.15) is 0 Å². The van der Waals surface area contributed by atoms with E-state index in [1.54, 1.807) is 83.5 Å². The van der Waals surface area contributed by atoms with Crippen molar-refractivity contribution in [2.45, 2.75) is 111 Å². The summed E-state index contributed by atoms with van der Waals surface area (Å²) < 4.78 is 0. The van der Waals surface area contributed by atoms with Crippen LogP contribution in [0.5, 0.6) is 0 Å². The van der Waals surface area contributed by atoms with Gasteiger partial charge in [-0.05, 0) is 128 Å². The van der Waals surface area contributed by atoms with Crippen LogP contribution in [0.1, 0.15) is 111 Å². The first-order valence-corrected chi connectivity index (χ1v) is 11.5. The fourth-order valence-electron chi connectivity index (χ4n) is 12.6. The maximum absolute atomic E-state index is 2.67. The summed E-state index contributed by atoms with van der Waals surface area (Å²) in [6.07, 6.45) is 20.6. The highest BCUT2D eigenvalue weighted by Gasteiger charge is 2.65. The minimum absolute atomic E-state index is 0.699. The lowest BCUT2D eigenvalue weighted by Crippen LogP contribution is -2.60. The minimum atomic E-state index is 0.699. The normalized spacial score (nSPS) is 67.2.